The summed E-state index contributed by atoms with van der Waals surface area (Å²) in [5.74, 6) is 0.508. The van der Waals surface area contributed by atoms with E-state index in [4.69, 9.17) is 0 Å². The predicted octanol–water partition coefficient (Wildman–Crippen LogP) is 7.73. The number of nitrogens with one attached hydrogen (secondary N) is 2. The summed E-state index contributed by atoms with van der Waals surface area (Å²) >= 11 is 0. The van der Waals surface area contributed by atoms with Crippen molar-refractivity contribution in [3.05, 3.63) is 138 Å². The largest absolute Gasteiger partial charge is 0.385 e. The van der Waals surface area contributed by atoms with Gasteiger partial charge in [-0.2, -0.15) is 0 Å². The minimum Gasteiger partial charge on any atom is -0.385 e. The van der Waals surface area contributed by atoms with Crippen LogP contribution in [0.1, 0.15) is 66.7 Å². The first kappa shape index (κ1) is 27.2. The molecule has 3 heteroatoms. The molecule has 1 fully saturated rings. The maximum Gasteiger partial charge on any atom is 0.0936 e. The van der Waals surface area contributed by atoms with E-state index in [1.807, 2.05) is 6.07 Å². The van der Waals surface area contributed by atoms with Gasteiger partial charge in [-0.05, 0) is 60.0 Å². The number of benzene rings is 4. The van der Waals surface area contributed by atoms with Crippen LogP contribution in [0, 0.1) is 5.92 Å². The predicted molar refractivity (Wildman–Crippen MR) is 163 cm³/mol. The van der Waals surface area contributed by atoms with Crippen molar-refractivity contribution in [2.45, 2.75) is 50.0 Å². The van der Waals surface area contributed by atoms with Crippen LogP contribution < -0.4 is 10.6 Å². The molecule has 202 valence electrons. The monoisotopic (exact) mass is 518 g/mol. The summed E-state index contributed by atoms with van der Waals surface area (Å²) in [6.45, 7) is 2.45. The average Bonchev–Trinajstić information content (AvgIpc) is 3.01. The Morgan fingerprint density at radius 2 is 1.21 bits per heavy atom. The second kappa shape index (κ2) is 13.6. The van der Waals surface area contributed by atoms with Crippen molar-refractivity contribution in [3.63, 3.8) is 0 Å². The highest BCUT2D eigenvalue weighted by Crippen LogP contribution is 2.41. The lowest BCUT2D eigenvalue weighted by Crippen LogP contribution is -2.39. The Morgan fingerprint density at radius 3 is 1.85 bits per heavy atom. The third kappa shape index (κ3) is 6.79. The number of anilines is 1. The van der Waals surface area contributed by atoms with Gasteiger partial charge in [0.05, 0.1) is 5.60 Å². The lowest BCUT2D eigenvalue weighted by Gasteiger charge is -2.39. The molecule has 0 spiro atoms. The van der Waals surface area contributed by atoms with Gasteiger partial charge in [-0.25, -0.2) is 0 Å². The normalized spacial score (nSPS) is 15.6. The van der Waals surface area contributed by atoms with Crippen LogP contribution in [0.25, 0.3) is 0 Å². The maximum absolute atomic E-state index is 11.9. The van der Waals surface area contributed by atoms with Gasteiger partial charge in [-0.15, -0.1) is 0 Å². The molecule has 0 bridgehead atoms. The smallest absolute Gasteiger partial charge is 0.0936 e. The molecule has 3 nitrogen and oxygen atoms in total. The van der Waals surface area contributed by atoms with Gasteiger partial charge in [0, 0.05) is 24.7 Å². The molecule has 0 aliphatic heterocycles. The molecular weight excluding hydrogens is 476 g/mol. The molecule has 3 N–H and O–H groups in total. The van der Waals surface area contributed by atoms with Crippen molar-refractivity contribution in [2.24, 2.45) is 5.92 Å². The van der Waals surface area contributed by atoms with E-state index in [1.54, 1.807) is 0 Å². The fraction of sp³-hybridized carbons (Fsp3) is 0.333. The van der Waals surface area contributed by atoms with Crippen molar-refractivity contribution in [1.29, 1.82) is 0 Å². The summed E-state index contributed by atoms with van der Waals surface area (Å²) < 4.78 is 0. The fourth-order valence-electron chi connectivity index (χ4n) is 6.33. The molecule has 1 atom stereocenters. The van der Waals surface area contributed by atoms with Gasteiger partial charge in [0.2, 0.25) is 0 Å². The summed E-state index contributed by atoms with van der Waals surface area (Å²) in [7, 11) is 0. The van der Waals surface area contributed by atoms with Crippen LogP contribution >= 0.6 is 0 Å². The Kier molecular flexibility index (Phi) is 9.47. The standard InChI is InChI=1S/C36H42N2O/c39-36(31-19-9-3-10-20-31,32-21-11-4-12-22-32)25-26-37-27-28-38-34-24-14-13-23-33(34)35(29-15-5-1-6-16-29)30-17-7-2-8-18-30/h1-3,5-10,13-20,23-24,32,35,37-39H,4,11-12,21-22,25-28H2. The topological polar surface area (TPSA) is 44.3 Å². The van der Waals surface area contributed by atoms with E-state index in [9.17, 15) is 5.11 Å². The van der Waals surface area contributed by atoms with Crippen molar-refractivity contribution in [2.75, 3.05) is 25.0 Å². The SMILES string of the molecule is OC(CCNCCNc1ccccc1C(c1ccccc1)c1ccccc1)(c1ccccc1)C1CCCCC1. The Labute approximate surface area is 234 Å². The van der Waals surface area contributed by atoms with Gasteiger partial charge in [-0.1, -0.05) is 128 Å². The van der Waals surface area contributed by atoms with Crippen LogP contribution in [0.3, 0.4) is 0 Å². The molecule has 0 amide bonds. The third-order valence-electron chi connectivity index (χ3n) is 8.39. The Bertz CT molecular complexity index is 1220. The number of hydrogen-bond acceptors (Lipinski definition) is 3. The van der Waals surface area contributed by atoms with Crippen LogP contribution in [-0.2, 0) is 5.60 Å². The third-order valence-corrected chi connectivity index (χ3v) is 8.39. The highest BCUT2D eigenvalue weighted by molar-refractivity contribution is 5.58. The highest BCUT2D eigenvalue weighted by Gasteiger charge is 2.38. The van der Waals surface area contributed by atoms with Gasteiger partial charge in [0.15, 0.2) is 0 Å². The minimum absolute atomic E-state index is 0.167. The van der Waals surface area contributed by atoms with Gasteiger partial charge in [0.25, 0.3) is 0 Å². The molecule has 4 aromatic rings. The second-order valence-corrected chi connectivity index (χ2v) is 10.9. The van der Waals surface area contributed by atoms with Crippen molar-refractivity contribution in [1.82, 2.24) is 5.32 Å². The summed E-state index contributed by atoms with van der Waals surface area (Å²) in [6, 6.07) is 40.5. The van der Waals surface area contributed by atoms with E-state index >= 15 is 0 Å². The molecule has 1 saturated carbocycles. The Morgan fingerprint density at radius 1 is 0.641 bits per heavy atom. The summed E-state index contributed by atoms with van der Waals surface area (Å²) in [5.41, 5.74) is 5.34. The summed E-state index contributed by atoms with van der Waals surface area (Å²) in [5, 5.41) is 19.2. The molecule has 0 radical (unpaired) electrons. The maximum atomic E-state index is 11.9. The number of hydrogen-bond donors (Lipinski definition) is 3. The second-order valence-electron chi connectivity index (χ2n) is 10.9. The average molecular weight is 519 g/mol. The van der Waals surface area contributed by atoms with E-state index in [1.165, 1.54) is 41.6 Å². The van der Waals surface area contributed by atoms with E-state index < -0.39 is 5.60 Å². The molecule has 0 heterocycles. The Balaban J connectivity index is 1.22. The molecular formula is C36H42N2O. The first-order valence-corrected chi connectivity index (χ1v) is 14.7. The molecule has 0 aromatic heterocycles. The molecule has 0 saturated heterocycles. The van der Waals surface area contributed by atoms with Gasteiger partial charge in [0.1, 0.15) is 0 Å². The van der Waals surface area contributed by atoms with E-state index in [2.05, 4.69) is 120 Å². The molecule has 4 aromatic carbocycles. The van der Waals surface area contributed by atoms with Crippen LogP contribution in [-0.4, -0.2) is 24.7 Å². The lowest BCUT2D eigenvalue weighted by molar-refractivity contribution is -0.0455. The van der Waals surface area contributed by atoms with Crippen LogP contribution in [0.4, 0.5) is 5.69 Å². The van der Waals surface area contributed by atoms with Gasteiger partial charge in [-0.3, -0.25) is 0 Å². The quantitative estimate of drug-likeness (QED) is 0.133. The first-order valence-electron chi connectivity index (χ1n) is 14.7. The van der Waals surface area contributed by atoms with Gasteiger partial charge < -0.3 is 15.7 Å². The molecule has 39 heavy (non-hydrogen) atoms. The van der Waals surface area contributed by atoms with Crippen LogP contribution in [0.5, 0.6) is 0 Å². The molecule has 5 rings (SSSR count). The molecule has 1 aliphatic rings. The Hall–Kier alpha value is -3.40. The number of para-hydroxylation sites is 1. The zero-order chi connectivity index (χ0) is 26.8. The van der Waals surface area contributed by atoms with Crippen molar-refractivity contribution < 1.29 is 5.11 Å². The summed E-state index contributed by atoms with van der Waals surface area (Å²) in [4.78, 5) is 0. The van der Waals surface area contributed by atoms with E-state index in [-0.39, 0.29) is 5.92 Å². The highest BCUT2D eigenvalue weighted by atomic mass is 16.3. The zero-order valence-electron chi connectivity index (χ0n) is 22.9. The van der Waals surface area contributed by atoms with Gasteiger partial charge >= 0.3 is 0 Å². The summed E-state index contributed by atoms with van der Waals surface area (Å²) in [6.07, 6.45) is 6.72. The number of aliphatic hydroxyl groups is 1. The molecule has 1 aliphatic carbocycles. The minimum atomic E-state index is -0.757. The van der Waals surface area contributed by atoms with Crippen molar-refractivity contribution in [3.8, 4) is 0 Å². The lowest BCUT2D eigenvalue weighted by atomic mass is 9.72. The van der Waals surface area contributed by atoms with Crippen molar-refractivity contribution >= 4 is 5.69 Å². The van der Waals surface area contributed by atoms with Crippen LogP contribution in [0.2, 0.25) is 0 Å². The van der Waals surface area contributed by atoms with E-state index in [0.717, 1.165) is 44.5 Å². The first-order chi connectivity index (χ1) is 19.3. The van der Waals surface area contributed by atoms with E-state index in [0.29, 0.717) is 5.92 Å². The molecule has 1 unspecified atom stereocenters. The van der Waals surface area contributed by atoms with Crippen LogP contribution in [0.15, 0.2) is 115 Å². The zero-order valence-corrected chi connectivity index (χ0v) is 22.9. The number of rotatable bonds is 12. The fourth-order valence-corrected chi connectivity index (χ4v) is 6.33.